The Morgan fingerprint density at radius 1 is 1.16 bits per heavy atom. The average Bonchev–Trinajstić information content (AvgIpc) is 2.39. The lowest BCUT2D eigenvalue weighted by molar-refractivity contribution is 0.411. The molecule has 0 amide bonds. The molecule has 0 aliphatic rings. The number of hydrogen-bond donors (Lipinski definition) is 2. The number of nitrogens with zero attached hydrogens (tertiary/aromatic N) is 2. The molecule has 0 radical (unpaired) electrons. The Hall–Kier alpha value is -2.19. The first-order valence-electron chi connectivity index (χ1n) is 5.25. The molecule has 8 heteroatoms. The summed E-state index contributed by atoms with van der Waals surface area (Å²) >= 11 is 0. The molecule has 0 fully saturated rings. The summed E-state index contributed by atoms with van der Waals surface area (Å²) < 4.78 is 27.1. The minimum absolute atomic E-state index is 0.0497. The highest BCUT2D eigenvalue weighted by Crippen LogP contribution is 2.16. The fourth-order valence-electron chi connectivity index (χ4n) is 1.34. The predicted octanol–water partition coefficient (Wildman–Crippen LogP) is 0.876. The van der Waals surface area contributed by atoms with Crippen LogP contribution >= 0.6 is 0 Å². The monoisotopic (exact) mass is 280 g/mol. The van der Waals surface area contributed by atoms with Gasteiger partial charge >= 0.3 is 0 Å². The predicted molar refractivity (Wildman–Crippen MR) is 69.7 cm³/mol. The standard InChI is InChI=1S/C11H12N4O3S/c1-18-9-6-13-11(14-7-9)15-8-2-4-10(5-3-8)19(12,16)17/h2-7H,1H3,(H2,12,16,17)(H,13,14,15). The molecule has 2 aromatic rings. The molecule has 0 aliphatic heterocycles. The van der Waals surface area contributed by atoms with Crippen LogP contribution in [0.5, 0.6) is 5.75 Å². The number of anilines is 2. The van der Waals surface area contributed by atoms with Gasteiger partial charge in [-0.25, -0.2) is 23.5 Å². The summed E-state index contributed by atoms with van der Waals surface area (Å²) in [5.74, 6) is 0.930. The van der Waals surface area contributed by atoms with Crippen molar-refractivity contribution in [1.82, 2.24) is 9.97 Å². The Bertz CT molecular complexity index is 653. The molecular weight excluding hydrogens is 268 g/mol. The fourth-order valence-corrected chi connectivity index (χ4v) is 1.86. The molecule has 100 valence electrons. The van der Waals surface area contributed by atoms with Crippen LogP contribution in [0.15, 0.2) is 41.6 Å². The molecule has 3 N–H and O–H groups in total. The molecule has 0 unspecified atom stereocenters. The van der Waals surface area contributed by atoms with E-state index in [1.165, 1.54) is 31.6 Å². The zero-order valence-electron chi connectivity index (χ0n) is 10.1. The molecule has 0 saturated heterocycles. The summed E-state index contributed by atoms with van der Waals surface area (Å²) in [7, 11) is -2.15. The molecule has 19 heavy (non-hydrogen) atoms. The maximum absolute atomic E-state index is 11.1. The highest BCUT2D eigenvalue weighted by Gasteiger charge is 2.07. The van der Waals surface area contributed by atoms with Crippen molar-refractivity contribution < 1.29 is 13.2 Å². The highest BCUT2D eigenvalue weighted by molar-refractivity contribution is 7.89. The van der Waals surface area contributed by atoms with Gasteiger partial charge in [0, 0.05) is 5.69 Å². The van der Waals surface area contributed by atoms with Crippen molar-refractivity contribution in [2.45, 2.75) is 4.90 Å². The lowest BCUT2D eigenvalue weighted by Gasteiger charge is -2.05. The van der Waals surface area contributed by atoms with Gasteiger partial charge in [0.05, 0.1) is 24.4 Å². The number of methoxy groups -OCH3 is 1. The molecule has 7 nitrogen and oxygen atoms in total. The van der Waals surface area contributed by atoms with E-state index in [1.54, 1.807) is 12.1 Å². The van der Waals surface area contributed by atoms with Crippen LogP contribution in [-0.2, 0) is 10.0 Å². The Labute approximate surface area is 110 Å². The first-order valence-corrected chi connectivity index (χ1v) is 6.79. The van der Waals surface area contributed by atoms with Gasteiger partial charge in [-0.1, -0.05) is 0 Å². The molecule has 0 bridgehead atoms. The van der Waals surface area contributed by atoms with E-state index in [9.17, 15) is 8.42 Å². The van der Waals surface area contributed by atoms with E-state index in [1.807, 2.05) is 0 Å². The summed E-state index contributed by atoms with van der Waals surface area (Å²) in [5, 5.41) is 7.93. The van der Waals surface area contributed by atoms with E-state index in [4.69, 9.17) is 9.88 Å². The van der Waals surface area contributed by atoms with Crippen LogP contribution in [0.25, 0.3) is 0 Å². The summed E-state index contributed by atoms with van der Waals surface area (Å²) in [4.78, 5) is 8.10. The van der Waals surface area contributed by atoms with Gasteiger partial charge in [0.2, 0.25) is 16.0 Å². The molecular formula is C11H12N4O3S. The Morgan fingerprint density at radius 2 is 1.74 bits per heavy atom. The highest BCUT2D eigenvalue weighted by atomic mass is 32.2. The van der Waals surface area contributed by atoms with Crippen LogP contribution in [0.2, 0.25) is 0 Å². The van der Waals surface area contributed by atoms with E-state index < -0.39 is 10.0 Å². The summed E-state index contributed by atoms with van der Waals surface area (Å²) in [5.41, 5.74) is 0.651. The normalized spacial score (nSPS) is 11.1. The molecule has 1 heterocycles. The maximum Gasteiger partial charge on any atom is 0.238 e. The van der Waals surface area contributed by atoms with Crippen molar-refractivity contribution in [2.24, 2.45) is 5.14 Å². The molecule has 1 aromatic heterocycles. The first-order chi connectivity index (χ1) is 8.99. The second kappa shape index (κ2) is 5.21. The van der Waals surface area contributed by atoms with Gasteiger partial charge in [0.1, 0.15) is 0 Å². The maximum atomic E-state index is 11.1. The molecule has 0 aliphatic carbocycles. The van der Waals surface area contributed by atoms with Gasteiger partial charge in [0.15, 0.2) is 5.75 Å². The summed E-state index contributed by atoms with van der Waals surface area (Å²) in [6, 6.07) is 5.96. The minimum Gasteiger partial charge on any atom is -0.494 e. The van der Waals surface area contributed by atoms with Gasteiger partial charge in [-0.05, 0) is 24.3 Å². The van der Waals surface area contributed by atoms with E-state index in [0.717, 1.165) is 0 Å². The topological polar surface area (TPSA) is 107 Å². The number of nitrogens with two attached hydrogens (primary N) is 1. The van der Waals surface area contributed by atoms with E-state index in [-0.39, 0.29) is 4.90 Å². The lowest BCUT2D eigenvalue weighted by atomic mass is 10.3. The number of nitrogens with one attached hydrogen (secondary N) is 1. The van der Waals surface area contributed by atoms with Crippen LogP contribution in [0, 0.1) is 0 Å². The molecule has 0 spiro atoms. The second-order valence-electron chi connectivity index (χ2n) is 3.64. The van der Waals surface area contributed by atoms with Gasteiger partial charge < -0.3 is 10.1 Å². The number of ether oxygens (including phenoxy) is 1. The smallest absolute Gasteiger partial charge is 0.238 e. The van der Waals surface area contributed by atoms with Crippen LogP contribution in [0.1, 0.15) is 0 Å². The SMILES string of the molecule is COc1cnc(Nc2ccc(S(N)(=O)=O)cc2)nc1. The van der Waals surface area contributed by atoms with Gasteiger partial charge in [-0.3, -0.25) is 0 Å². The van der Waals surface area contributed by atoms with Crippen molar-refractivity contribution in [3.63, 3.8) is 0 Å². The minimum atomic E-state index is -3.68. The Kier molecular flexibility index (Phi) is 3.63. The van der Waals surface area contributed by atoms with E-state index in [2.05, 4.69) is 15.3 Å². The summed E-state index contributed by atoms with van der Waals surface area (Å²) in [6.07, 6.45) is 3.04. The zero-order chi connectivity index (χ0) is 13.9. The number of hydrogen-bond acceptors (Lipinski definition) is 6. The second-order valence-corrected chi connectivity index (χ2v) is 5.20. The number of rotatable bonds is 4. The quantitative estimate of drug-likeness (QED) is 0.860. The molecule has 0 atom stereocenters. The van der Waals surface area contributed by atoms with Gasteiger partial charge in [-0.2, -0.15) is 0 Å². The third-order valence-corrected chi connectivity index (χ3v) is 3.23. The van der Waals surface area contributed by atoms with Crippen LogP contribution in [-0.4, -0.2) is 25.5 Å². The number of aromatic nitrogens is 2. The van der Waals surface area contributed by atoms with Crippen molar-refractivity contribution in [3.8, 4) is 5.75 Å². The number of sulfonamides is 1. The molecule has 0 saturated carbocycles. The van der Waals surface area contributed by atoms with Crippen LogP contribution in [0.3, 0.4) is 0 Å². The van der Waals surface area contributed by atoms with Crippen molar-refractivity contribution in [2.75, 3.05) is 12.4 Å². The lowest BCUT2D eigenvalue weighted by Crippen LogP contribution is -2.11. The Balaban J connectivity index is 2.15. The first kappa shape index (κ1) is 13.2. The number of benzene rings is 1. The largest absolute Gasteiger partial charge is 0.494 e. The van der Waals surface area contributed by atoms with E-state index in [0.29, 0.717) is 17.4 Å². The van der Waals surface area contributed by atoms with Crippen LogP contribution < -0.4 is 15.2 Å². The number of primary sulfonamides is 1. The molecule has 2 rings (SSSR count). The zero-order valence-corrected chi connectivity index (χ0v) is 10.9. The third kappa shape index (κ3) is 3.39. The van der Waals surface area contributed by atoms with Gasteiger partial charge in [-0.15, -0.1) is 0 Å². The summed E-state index contributed by atoms with van der Waals surface area (Å²) in [6.45, 7) is 0. The van der Waals surface area contributed by atoms with Gasteiger partial charge in [0.25, 0.3) is 0 Å². The Morgan fingerprint density at radius 3 is 2.21 bits per heavy atom. The van der Waals surface area contributed by atoms with Crippen molar-refractivity contribution >= 4 is 21.7 Å². The molecule has 1 aromatic carbocycles. The average molecular weight is 280 g/mol. The third-order valence-electron chi connectivity index (χ3n) is 2.30. The van der Waals surface area contributed by atoms with Crippen molar-refractivity contribution in [3.05, 3.63) is 36.7 Å². The van der Waals surface area contributed by atoms with Crippen molar-refractivity contribution in [1.29, 1.82) is 0 Å². The van der Waals surface area contributed by atoms with Crippen LogP contribution in [0.4, 0.5) is 11.6 Å². The van der Waals surface area contributed by atoms with E-state index >= 15 is 0 Å². The fraction of sp³-hybridized carbons (Fsp3) is 0.0909.